The Labute approximate surface area is 175 Å². The van der Waals surface area contributed by atoms with Gasteiger partial charge in [0.15, 0.2) is 5.65 Å². The third-order valence-electron chi connectivity index (χ3n) is 5.12. The minimum atomic E-state index is -0.126. The predicted molar refractivity (Wildman–Crippen MR) is 118 cm³/mol. The molecule has 0 radical (unpaired) electrons. The van der Waals surface area contributed by atoms with Crippen LogP contribution in [-0.2, 0) is 13.5 Å². The normalized spacial score (nSPS) is 10.9. The molecule has 6 nitrogen and oxygen atoms in total. The topological polar surface area (TPSA) is 69.0 Å². The highest BCUT2D eigenvalue weighted by molar-refractivity contribution is 6.07. The third kappa shape index (κ3) is 3.89. The molecule has 0 fully saturated rings. The van der Waals surface area contributed by atoms with E-state index in [0.29, 0.717) is 23.4 Å². The second-order valence-corrected chi connectivity index (χ2v) is 7.19. The van der Waals surface area contributed by atoms with Crippen molar-refractivity contribution >= 4 is 16.9 Å². The molecule has 0 saturated carbocycles. The van der Waals surface area contributed by atoms with E-state index >= 15 is 0 Å². The maximum Gasteiger partial charge on any atom is 0.252 e. The third-order valence-corrected chi connectivity index (χ3v) is 5.12. The highest BCUT2D eigenvalue weighted by Gasteiger charge is 2.19. The molecule has 0 spiro atoms. The molecule has 152 valence electrons. The zero-order chi connectivity index (χ0) is 21.1. The molecule has 0 saturated heterocycles. The molecule has 1 N–H and O–H groups in total. The van der Waals surface area contributed by atoms with Crippen LogP contribution in [-0.4, -0.2) is 34.3 Å². The fraction of sp³-hybridized carbons (Fsp3) is 0.208. The molecule has 0 unspecified atom stereocenters. The number of nitrogens with one attached hydrogen (secondary N) is 1. The van der Waals surface area contributed by atoms with Crippen LogP contribution in [0.3, 0.4) is 0 Å². The van der Waals surface area contributed by atoms with Gasteiger partial charge < -0.3 is 10.1 Å². The van der Waals surface area contributed by atoms with Gasteiger partial charge in [-0.15, -0.1) is 0 Å². The van der Waals surface area contributed by atoms with Gasteiger partial charge in [0.05, 0.1) is 29.4 Å². The van der Waals surface area contributed by atoms with Gasteiger partial charge in [0.2, 0.25) is 0 Å². The Morgan fingerprint density at radius 2 is 1.90 bits per heavy atom. The van der Waals surface area contributed by atoms with E-state index in [-0.39, 0.29) is 5.91 Å². The van der Waals surface area contributed by atoms with Crippen molar-refractivity contribution in [3.63, 3.8) is 0 Å². The number of ether oxygens (including phenoxy) is 1. The Balaban J connectivity index is 1.69. The molecule has 30 heavy (non-hydrogen) atoms. The van der Waals surface area contributed by atoms with E-state index in [1.807, 2.05) is 62.5 Å². The van der Waals surface area contributed by atoms with Crippen LogP contribution in [0, 0.1) is 6.92 Å². The van der Waals surface area contributed by atoms with Crippen LogP contribution in [0.2, 0.25) is 0 Å². The zero-order valence-corrected chi connectivity index (χ0v) is 17.3. The summed E-state index contributed by atoms with van der Waals surface area (Å²) in [6.45, 7) is 2.45. The van der Waals surface area contributed by atoms with Crippen LogP contribution < -0.4 is 10.1 Å². The van der Waals surface area contributed by atoms with Gasteiger partial charge in [-0.3, -0.25) is 9.48 Å². The van der Waals surface area contributed by atoms with Gasteiger partial charge in [0, 0.05) is 19.2 Å². The average Bonchev–Trinajstić information content (AvgIpc) is 3.07. The lowest BCUT2D eigenvalue weighted by atomic mass is 10.0. The largest absolute Gasteiger partial charge is 0.497 e. The lowest BCUT2D eigenvalue weighted by Gasteiger charge is -2.10. The van der Waals surface area contributed by atoms with Gasteiger partial charge in [-0.25, -0.2) is 4.98 Å². The second kappa shape index (κ2) is 8.37. The number of nitrogens with zero attached hydrogens (tertiary/aromatic N) is 3. The van der Waals surface area contributed by atoms with E-state index in [0.717, 1.165) is 28.8 Å². The number of hydrogen-bond donors (Lipinski definition) is 1. The van der Waals surface area contributed by atoms with Crippen molar-refractivity contribution in [2.45, 2.75) is 13.3 Å². The Hall–Kier alpha value is -3.67. The second-order valence-electron chi connectivity index (χ2n) is 7.19. The number of pyridine rings is 1. The fourth-order valence-corrected chi connectivity index (χ4v) is 3.61. The average molecular weight is 400 g/mol. The van der Waals surface area contributed by atoms with Gasteiger partial charge >= 0.3 is 0 Å². The summed E-state index contributed by atoms with van der Waals surface area (Å²) < 4.78 is 7.06. The number of hydrogen-bond acceptors (Lipinski definition) is 4. The van der Waals surface area contributed by atoms with Crippen LogP contribution in [0.5, 0.6) is 5.75 Å². The van der Waals surface area contributed by atoms with E-state index in [2.05, 4.69) is 22.5 Å². The van der Waals surface area contributed by atoms with Crippen LogP contribution in [0.4, 0.5) is 0 Å². The maximum atomic E-state index is 13.1. The molecule has 0 aliphatic carbocycles. The van der Waals surface area contributed by atoms with E-state index < -0.39 is 0 Å². The van der Waals surface area contributed by atoms with Crippen molar-refractivity contribution in [1.82, 2.24) is 20.1 Å². The first-order chi connectivity index (χ1) is 14.6. The Morgan fingerprint density at radius 1 is 1.10 bits per heavy atom. The summed E-state index contributed by atoms with van der Waals surface area (Å²) in [5.74, 6) is 0.614. The molecule has 1 amide bonds. The van der Waals surface area contributed by atoms with Crippen molar-refractivity contribution in [3.8, 4) is 17.0 Å². The lowest BCUT2D eigenvalue weighted by Crippen LogP contribution is -2.26. The van der Waals surface area contributed by atoms with Crippen LogP contribution in [0.15, 0.2) is 60.7 Å². The molecule has 0 aliphatic heterocycles. The smallest absolute Gasteiger partial charge is 0.252 e. The van der Waals surface area contributed by atoms with Crippen molar-refractivity contribution in [2.75, 3.05) is 13.7 Å². The van der Waals surface area contributed by atoms with Gasteiger partial charge in [0.25, 0.3) is 5.91 Å². The minimum absolute atomic E-state index is 0.126. The molecule has 0 aliphatic rings. The first-order valence-corrected chi connectivity index (χ1v) is 9.87. The molecule has 2 aromatic carbocycles. The highest BCUT2D eigenvalue weighted by Crippen LogP contribution is 2.28. The Kier molecular flexibility index (Phi) is 5.48. The number of aromatic nitrogens is 3. The number of benzene rings is 2. The molecule has 2 aromatic heterocycles. The number of carbonyl (C=O) groups is 1. The number of fused-ring (bicyclic) bond motifs is 1. The standard InChI is InChI=1S/C24H24N4O2/c1-16-22-20(24(29)25-13-12-17-8-5-4-6-9-17)15-21(26-23(22)28(2)27-16)18-10-7-11-19(14-18)30-3/h4-11,14-15H,12-13H2,1-3H3,(H,25,29). The molecular formula is C24H24N4O2. The lowest BCUT2D eigenvalue weighted by molar-refractivity contribution is 0.0955. The van der Waals surface area contributed by atoms with Crippen LogP contribution >= 0.6 is 0 Å². The van der Waals surface area contributed by atoms with Gasteiger partial charge in [-0.2, -0.15) is 5.10 Å². The van der Waals surface area contributed by atoms with E-state index in [4.69, 9.17) is 9.72 Å². The molecule has 2 heterocycles. The zero-order valence-electron chi connectivity index (χ0n) is 17.3. The van der Waals surface area contributed by atoms with Crippen molar-refractivity contribution in [1.29, 1.82) is 0 Å². The summed E-state index contributed by atoms with van der Waals surface area (Å²) in [6, 6.07) is 19.6. The molecule has 4 rings (SSSR count). The fourth-order valence-electron chi connectivity index (χ4n) is 3.61. The number of amides is 1. The first kappa shape index (κ1) is 19.6. The summed E-state index contributed by atoms with van der Waals surface area (Å²) in [5.41, 5.74) is 4.82. The Morgan fingerprint density at radius 3 is 2.67 bits per heavy atom. The SMILES string of the molecule is COc1cccc(-c2cc(C(=O)NCCc3ccccc3)c3c(C)nn(C)c3n2)c1. The van der Waals surface area contributed by atoms with Gasteiger partial charge in [-0.05, 0) is 37.1 Å². The highest BCUT2D eigenvalue weighted by atomic mass is 16.5. The van der Waals surface area contributed by atoms with E-state index in [1.54, 1.807) is 11.8 Å². The number of carbonyl (C=O) groups excluding carboxylic acids is 1. The van der Waals surface area contributed by atoms with Crippen molar-refractivity contribution in [3.05, 3.63) is 77.5 Å². The quantitative estimate of drug-likeness (QED) is 0.533. The number of aryl methyl sites for hydroxylation is 2. The van der Waals surface area contributed by atoms with E-state index in [1.165, 1.54) is 5.56 Å². The molecular weight excluding hydrogens is 376 g/mol. The van der Waals surface area contributed by atoms with Crippen LogP contribution in [0.1, 0.15) is 21.6 Å². The van der Waals surface area contributed by atoms with Crippen molar-refractivity contribution < 1.29 is 9.53 Å². The predicted octanol–water partition coefficient (Wildman–Crippen LogP) is 3.92. The summed E-state index contributed by atoms with van der Waals surface area (Å²) in [5, 5.41) is 8.31. The minimum Gasteiger partial charge on any atom is -0.497 e. The number of rotatable bonds is 6. The van der Waals surface area contributed by atoms with Gasteiger partial charge in [-0.1, -0.05) is 42.5 Å². The molecule has 6 heteroatoms. The summed E-state index contributed by atoms with van der Waals surface area (Å²) in [7, 11) is 3.47. The van der Waals surface area contributed by atoms with E-state index in [9.17, 15) is 4.79 Å². The summed E-state index contributed by atoms with van der Waals surface area (Å²) in [4.78, 5) is 17.9. The molecule has 0 bridgehead atoms. The maximum absolute atomic E-state index is 13.1. The van der Waals surface area contributed by atoms with Crippen LogP contribution in [0.25, 0.3) is 22.3 Å². The molecule has 0 atom stereocenters. The van der Waals surface area contributed by atoms with Crippen molar-refractivity contribution in [2.24, 2.45) is 7.05 Å². The van der Waals surface area contributed by atoms with Gasteiger partial charge in [0.1, 0.15) is 5.75 Å². The molecule has 4 aromatic rings. The monoisotopic (exact) mass is 400 g/mol. The summed E-state index contributed by atoms with van der Waals surface area (Å²) in [6.07, 6.45) is 0.773. The Bertz CT molecular complexity index is 1200. The number of methoxy groups -OCH3 is 1. The first-order valence-electron chi connectivity index (χ1n) is 9.87. The summed E-state index contributed by atoms with van der Waals surface area (Å²) >= 11 is 0.